The maximum Gasteiger partial charge on any atom is 0.296 e. The molecule has 0 aliphatic carbocycles. The van der Waals surface area contributed by atoms with Gasteiger partial charge in [0.25, 0.3) is 11.7 Å². The van der Waals surface area contributed by atoms with Gasteiger partial charge in [0, 0.05) is 13.1 Å². The Morgan fingerprint density at radius 1 is 1.10 bits per heavy atom. The average molecular weight is 309 g/mol. The third-order valence-corrected chi connectivity index (χ3v) is 3.99. The lowest BCUT2D eigenvalue weighted by Crippen LogP contribution is -2.26. The molecule has 1 N–H and O–H groups in total. The van der Waals surface area contributed by atoms with Crippen LogP contribution in [0.2, 0.25) is 5.02 Å². The number of hydrogen-bond donors (Lipinski definition) is 1. The summed E-state index contributed by atoms with van der Waals surface area (Å²) >= 11 is 6.34. The Morgan fingerprint density at radius 2 is 1.71 bits per heavy atom. The molecule has 0 aromatic heterocycles. The van der Waals surface area contributed by atoms with E-state index in [0.29, 0.717) is 16.3 Å². The van der Waals surface area contributed by atoms with Gasteiger partial charge in [0.15, 0.2) is 0 Å². The van der Waals surface area contributed by atoms with Crippen LogP contribution in [0.4, 0.5) is 11.4 Å². The van der Waals surface area contributed by atoms with Gasteiger partial charge in [0.2, 0.25) is 0 Å². The smallest absolute Gasteiger partial charge is 0.296 e. The largest absolute Gasteiger partial charge is 0.370 e. The van der Waals surface area contributed by atoms with Crippen molar-refractivity contribution in [1.82, 2.24) is 0 Å². The molecular formula is C16H21ClN2O2. The minimum absolute atomic E-state index is 0.375. The average Bonchev–Trinajstić information content (AvgIpc) is 2.74. The van der Waals surface area contributed by atoms with Gasteiger partial charge in [-0.05, 0) is 25.0 Å². The number of halogens is 1. The Kier molecular flexibility index (Phi) is 5.23. The summed E-state index contributed by atoms with van der Waals surface area (Å²) in [6, 6.07) is 3.43. The SMILES string of the molecule is CCCCN(CCCC)c1cc2c(cc1Cl)C(=O)C(=O)N2. The number of unbranched alkanes of at least 4 members (excludes halogenated alkanes) is 2. The fourth-order valence-electron chi connectivity index (χ4n) is 2.45. The summed E-state index contributed by atoms with van der Waals surface area (Å²) in [6.07, 6.45) is 4.39. The molecule has 0 radical (unpaired) electrons. The molecule has 4 nitrogen and oxygen atoms in total. The van der Waals surface area contributed by atoms with Crippen LogP contribution in [0.1, 0.15) is 49.9 Å². The van der Waals surface area contributed by atoms with Crippen molar-refractivity contribution in [3.8, 4) is 0 Å². The molecule has 1 aliphatic rings. The summed E-state index contributed by atoms with van der Waals surface area (Å²) in [7, 11) is 0. The molecule has 0 bridgehead atoms. The second kappa shape index (κ2) is 6.94. The lowest BCUT2D eigenvalue weighted by molar-refractivity contribution is -0.112. The Balaban J connectivity index is 2.30. The molecule has 1 aromatic rings. The predicted octanol–water partition coefficient (Wildman–Crippen LogP) is 3.88. The highest BCUT2D eigenvalue weighted by molar-refractivity contribution is 6.52. The number of carbonyl (C=O) groups is 2. The van der Waals surface area contributed by atoms with Crippen molar-refractivity contribution >= 4 is 34.7 Å². The van der Waals surface area contributed by atoms with Crippen LogP contribution in [0.15, 0.2) is 12.1 Å². The number of carbonyl (C=O) groups excluding carboxylic acids is 2. The molecule has 2 rings (SSSR count). The molecule has 0 spiro atoms. The summed E-state index contributed by atoms with van der Waals surface area (Å²) < 4.78 is 0. The maximum atomic E-state index is 11.7. The monoisotopic (exact) mass is 308 g/mol. The Hall–Kier alpha value is -1.55. The molecule has 1 amide bonds. The van der Waals surface area contributed by atoms with Gasteiger partial charge in [-0.2, -0.15) is 0 Å². The van der Waals surface area contributed by atoms with Crippen molar-refractivity contribution in [2.75, 3.05) is 23.3 Å². The fourth-order valence-corrected chi connectivity index (χ4v) is 2.73. The molecule has 0 saturated carbocycles. The van der Waals surface area contributed by atoms with Crippen molar-refractivity contribution in [1.29, 1.82) is 0 Å². The fraction of sp³-hybridized carbons (Fsp3) is 0.500. The second-order valence-corrected chi connectivity index (χ2v) is 5.73. The quantitative estimate of drug-likeness (QED) is 0.778. The first-order valence-electron chi connectivity index (χ1n) is 7.52. The first-order chi connectivity index (χ1) is 10.1. The molecule has 21 heavy (non-hydrogen) atoms. The number of nitrogens with one attached hydrogen (secondary N) is 1. The minimum atomic E-state index is -0.577. The zero-order valence-corrected chi connectivity index (χ0v) is 13.3. The molecule has 0 unspecified atom stereocenters. The third-order valence-electron chi connectivity index (χ3n) is 3.69. The Bertz CT molecular complexity index is 549. The Labute approximate surface area is 130 Å². The number of hydrogen-bond acceptors (Lipinski definition) is 3. The Morgan fingerprint density at radius 3 is 2.29 bits per heavy atom. The molecule has 1 aromatic carbocycles. The van der Waals surface area contributed by atoms with Gasteiger partial charge in [0.05, 0.1) is 22.0 Å². The number of benzene rings is 1. The van der Waals surface area contributed by atoms with E-state index < -0.39 is 11.7 Å². The number of nitrogens with zero attached hydrogens (tertiary/aromatic N) is 1. The van der Waals surface area contributed by atoms with Gasteiger partial charge in [-0.25, -0.2) is 0 Å². The molecule has 0 fully saturated rings. The van der Waals surface area contributed by atoms with Crippen molar-refractivity contribution in [3.05, 3.63) is 22.7 Å². The standard InChI is InChI=1S/C16H21ClN2O2/c1-3-5-7-19(8-6-4-2)14-10-13-11(9-12(14)17)15(20)16(21)18-13/h9-10H,3-8H2,1-2H3,(H,18,20,21). The van der Waals surface area contributed by atoms with Gasteiger partial charge in [-0.3, -0.25) is 9.59 Å². The van der Waals surface area contributed by atoms with Crippen molar-refractivity contribution in [2.45, 2.75) is 39.5 Å². The van der Waals surface area contributed by atoms with E-state index in [1.54, 1.807) is 6.07 Å². The van der Waals surface area contributed by atoms with Crippen LogP contribution in [0.5, 0.6) is 0 Å². The molecule has 5 heteroatoms. The van der Waals surface area contributed by atoms with E-state index in [4.69, 9.17) is 11.6 Å². The lowest BCUT2D eigenvalue weighted by atomic mass is 10.1. The van der Waals surface area contributed by atoms with Crippen LogP contribution in [0.3, 0.4) is 0 Å². The van der Waals surface area contributed by atoms with Crippen molar-refractivity contribution in [3.63, 3.8) is 0 Å². The third kappa shape index (κ3) is 3.38. The van der Waals surface area contributed by atoms with Gasteiger partial charge in [-0.15, -0.1) is 0 Å². The summed E-state index contributed by atoms with van der Waals surface area (Å²) in [4.78, 5) is 25.4. The maximum absolute atomic E-state index is 11.7. The normalized spacial score (nSPS) is 13.3. The van der Waals surface area contributed by atoms with E-state index in [0.717, 1.165) is 44.5 Å². The van der Waals surface area contributed by atoms with Crippen LogP contribution in [-0.2, 0) is 4.79 Å². The number of fused-ring (bicyclic) bond motifs is 1. The number of ketones is 1. The molecule has 114 valence electrons. The van der Waals surface area contributed by atoms with E-state index in [9.17, 15) is 9.59 Å². The van der Waals surface area contributed by atoms with E-state index in [1.807, 2.05) is 6.07 Å². The highest BCUT2D eigenvalue weighted by atomic mass is 35.5. The van der Waals surface area contributed by atoms with Crippen LogP contribution >= 0.6 is 11.6 Å². The summed E-state index contributed by atoms with van der Waals surface area (Å²) in [5.41, 5.74) is 1.84. The van der Waals surface area contributed by atoms with Crippen LogP contribution in [-0.4, -0.2) is 24.8 Å². The summed E-state index contributed by atoms with van der Waals surface area (Å²) in [5.74, 6) is -1.08. The highest BCUT2D eigenvalue weighted by Crippen LogP contribution is 2.35. The van der Waals surface area contributed by atoms with Gasteiger partial charge < -0.3 is 10.2 Å². The van der Waals surface area contributed by atoms with E-state index in [-0.39, 0.29) is 0 Å². The number of amides is 1. The van der Waals surface area contributed by atoms with Crippen LogP contribution < -0.4 is 10.2 Å². The second-order valence-electron chi connectivity index (χ2n) is 5.33. The zero-order chi connectivity index (χ0) is 15.4. The van der Waals surface area contributed by atoms with Crippen LogP contribution in [0, 0.1) is 0 Å². The van der Waals surface area contributed by atoms with Crippen molar-refractivity contribution < 1.29 is 9.59 Å². The van der Waals surface area contributed by atoms with Gasteiger partial charge >= 0.3 is 0 Å². The van der Waals surface area contributed by atoms with Crippen LogP contribution in [0.25, 0.3) is 0 Å². The van der Waals surface area contributed by atoms with Gasteiger partial charge in [-0.1, -0.05) is 38.3 Å². The highest BCUT2D eigenvalue weighted by Gasteiger charge is 2.29. The molecule has 0 atom stereocenters. The molecular weight excluding hydrogens is 288 g/mol. The molecule has 1 aliphatic heterocycles. The topological polar surface area (TPSA) is 49.4 Å². The number of rotatable bonds is 7. The summed E-state index contributed by atoms with van der Waals surface area (Å²) in [5, 5.41) is 3.14. The van der Waals surface area contributed by atoms with E-state index in [2.05, 4.69) is 24.1 Å². The first kappa shape index (κ1) is 15.8. The number of Topliss-reactive ketones (excluding diaryl/α,β-unsaturated/α-hetero) is 1. The van der Waals surface area contributed by atoms with E-state index >= 15 is 0 Å². The van der Waals surface area contributed by atoms with Gasteiger partial charge in [0.1, 0.15) is 0 Å². The molecule has 1 heterocycles. The summed E-state index contributed by atoms with van der Waals surface area (Å²) in [6.45, 7) is 6.16. The number of anilines is 2. The van der Waals surface area contributed by atoms with E-state index in [1.165, 1.54) is 0 Å². The molecule has 0 saturated heterocycles. The van der Waals surface area contributed by atoms with Crippen molar-refractivity contribution in [2.24, 2.45) is 0 Å². The zero-order valence-electron chi connectivity index (χ0n) is 12.5. The lowest BCUT2D eigenvalue weighted by Gasteiger charge is -2.26. The first-order valence-corrected chi connectivity index (χ1v) is 7.90. The minimum Gasteiger partial charge on any atom is -0.370 e. The predicted molar refractivity (Wildman–Crippen MR) is 86.4 cm³/mol.